The molecule has 0 aliphatic carbocycles. The minimum atomic E-state index is -1.24. The van der Waals surface area contributed by atoms with Gasteiger partial charge >= 0.3 is 5.97 Å². The maximum atomic E-state index is 13.3. The molecule has 0 spiro atoms. The Labute approximate surface area is 189 Å². The molecule has 0 bridgehead atoms. The second-order valence-electron chi connectivity index (χ2n) is 6.50. The molecule has 2 aromatic carbocycles. The first kappa shape index (κ1) is 21.0. The van der Waals surface area contributed by atoms with Gasteiger partial charge in [-0.2, -0.15) is 0 Å². The number of nitrogens with one attached hydrogen (secondary N) is 1. The number of anilines is 1. The molecule has 0 fully saturated rings. The molecule has 0 saturated carbocycles. The number of halogens is 2. The molecule has 2 N–H and O–H groups in total. The highest BCUT2D eigenvalue weighted by atomic mass is 35.5. The predicted octanol–water partition coefficient (Wildman–Crippen LogP) is 4.77. The summed E-state index contributed by atoms with van der Waals surface area (Å²) in [6.07, 6.45) is 0. The van der Waals surface area contributed by atoms with Crippen LogP contribution in [0.15, 0.2) is 58.7 Å². The van der Waals surface area contributed by atoms with Gasteiger partial charge in [0.25, 0.3) is 5.56 Å². The van der Waals surface area contributed by atoms with E-state index in [2.05, 4.69) is 10.3 Å². The highest BCUT2D eigenvalue weighted by Gasteiger charge is 2.21. The molecule has 2 aromatic heterocycles. The number of rotatable bonds is 5. The van der Waals surface area contributed by atoms with Gasteiger partial charge in [-0.05, 0) is 18.2 Å². The lowest BCUT2D eigenvalue weighted by Gasteiger charge is -2.13. The van der Waals surface area contributed by atoms with Crippen LogP contribution in [0.2, 0.25) is 10.0 Å². The molecule has 0 atom stereocenters. The van der Waals surface area contributed by atoms with Crippen LogP contribution in [-0.4, -0.2) is 26.5 Å². The minimum absolute atomic E-state index is 0.0363. The van der Waals surface area contributed by atoms with Crippen molar-refractivity contribution in [1.29, 1.82) is 0 Å². The summed E-state index contributed by atoms with van der Waals surface area (Å²) in [4.78, 5) is 42.3. The summed E-state index contributed by atoms with van der Waals surface area (Å²) >= 11 is 13.1. The van der Waals surface area contributed by atoms with Gasteiger partial charge in [0.05, 0.1) is 21.7 Å². The first-order valence-electron chi connectivity index (χ1n) is 8.91. The van der Waals surface area contributed by atoms with Crippen molar-refractivity contribution in [1.82, 2.24) is 9.55 Å². The van der Waals surface area contributed by atoms with Crippen LogP contribution in [0.1, 0.15) is 10.4 Å². The largest absolute Gasteiger partial charge is 0.478 e. The smallest absolute Gasteiger partial charge is 0.337 e. The Balaban J connectivity index is 1.82. The Morgan fingerprint density at radius 3 is 2.58 bits per heavy atom. The van der Waals surface area contributed by atoms with Crippen molar-refractivity contribution < 1.29 is 14.7 Å². The zero-order chi connectivity index (χ0) is 22.1. The molecule has 0 radical (unpaired) electrons. The fourth-order valence-corrected chi connectivity index (χ4v) is 4.30. The number of carboxylic acid groups (broad SMARTS) is 1. The summed E-state index contributed by atoms with van der Waals surface area (Å²) in [5, 5.41) is 14.1. The molecular weight excluding hydrogens is 461 g/mol. The molecule has 2 heterocycles. The van der Waals surface area contributed by atoms with Crippen molar-refractivity contribution in [2.24, 2.45) is 0 Å². The molecule has 156 valence electrons. The van der Waals surface area contributed by atoms with Gasteiger partial charge in [-0.1, -0.05) is 53.5 Å². The zero-order valence-corrected chi connectivity index (χ0v) is 18.0. The van der Waals surface area contributed by atoms with E-state index in [0.29, 0.717) is 16.3 Å². The van der Waals surface area contributed by atoms with E-state index >= 15 is 0 Å². The zero-order valence-electron chi connectivity index (χ0n) is 15.6. The molecule has 10 heteroatoms. The molecule has 0 aliphatic heterocycles. The maximum Gasteiger partial charge on any atom is 0.337 e. The van der Waals surface area contributed by atoms with Gasteiger partial charge in [-0.25, -0.2) is 9.78 Å². The van der Waals surface area contributed by atoms with E-state index in [1.165, 1.54) is 11.4 Å². The topological polar surface area (TPSA) is 101 Å². The lowest BCUT2D eigenvalue weighted by molar-refractivity contribution is -0.116. The van der Waals surface area contributed by atoms with Gasteiger partial charge in [0.15, 0.2) is 0 Å². The van der Waals surface area contributed by atoms with Crippen molar-refractivity contribution in [3.05, 3.63) is 79.9 Å². The van der Waals surface area contributed by atoms with E-state index in [1.807, 2.05) is 6.07 Å². The van der Waals surface area contributed by atoms with Crippen LogP contribution in [-0.2, 0) is 11.3 Å². The number of thiophene rings is 1. The quantitative estimate of drug-likeness (QED) is 0.434. The molecule has 31 heavy (non-hydrogen) atoms. The van der Waals surface area contributed by atoms with Gasteiger partial charge in [0.2, 0.25) is 5.91 Å². The van der Waals surface area contributed by atoms with E-state index in [9.17, 15) is 19.5 Å². The van der Waals surface area contributed by atoms with Crippen LogP contribution >= 0.6 is 34.5 Å². The van der Waals surface area contributed by atoms with Gasteiger partial charge in [0, 0.05) is 16.0 Å². The number of carboxylic acids is 1. The molecule has 0 aliphatic rings. The Kier molecular flexibility index (Phi) is 5.77. The molecule has 4 aromatic rings. The Morgan fingerprint density at radius 1 is 1.13 bits per heavy atom. The number of benzene rings is 2. The summed E-state index contributed by atoms with van der Waals surface area (Å²) in [5.74, 6) is -1.53. The SMILES string of the molecule is O=C(Cn1c(-c2ccccc2)nc2scc(C(=O)O)c2c1=O)Nc1cc(Cl)ccc1Cl. The van der Waals surface area contributed by atoms with E-state index in [0.717, 1.165) is 15.9 Å². The van der Waals surface area contributed by atoms with E-state index < -0.39 is 24.0 Å². The fraction of sp³-hybridized carbons (Fsp3) is 0.0476. The molecule has 1 amide bonds. The predicted molar refractivity (Wildman–Crippen MR) is 121 cm³/mol. The van der Waals surface area contributed by atoms with Gasteiger partial charge in [0.1, 0.15) is 17.2 Å². The Hall–Kier alpha value is -3.20. The first-order valence-corrected chi connectivity index (χ1v) is 10.5. The average molecular weight is 474 g/mol. The third-order valence-electron chi connectivity index (χ3n) is 4.46. The van der Waals surface area contributed by atoms with Crippen molar-refractivity contribution in [3.8, 4) is 11.4 Å². The van der Waals surface area contributed by atoms with E-state index in [1.54, 1.807) is 36.4 Å². The standard InChI is InChI=1S/C21H13Cl2N3O4S/c22-12-6-7-14(23)15(8-12)24-16(27)9-26-18(11-4-2-1-3-5-11)25-19-17(20(26)28)13(10-31-19)21(29)30/h1-8,10H,9H2,(H,24,27)(H,29,30). The lowest BCUT2D eigenvalue weighted by atomic mass is 10.2. The van der Waals surface area contributed by atoms with Gasteiger partial charge in [-0.3, -0.25) is 14.2 Å². The minimum Gasteiger partial charge on any atom is -0.478 e. The summed E-state index contributed by atoms with van der Waals surface area (Å²) in [6.45, 7) is -0.399. The number of carbonyl (C=O) groups excluding carboxylic acids is 1. The summed E-state index contributed by atoms with van der Waals surface area (Å²) < 4.78 is 1.16. The number of amides is 1. The van der Waals surface area contributed by atoms with Crippen LogP contribution in [0.5, 0.6) is 0 Å². The van der Waals surface area contributed by atoms with Crippen molar-refractivity contribution in [2.75, 3.05) is 5.32 Å². The normalized spacial score (nSPS) is 10.9. The van der Waals surface area contributed by atoms with Crippen molar-refractivity contribution in [2.45, 2.75) is 6.54 Å². The Bertz CT molecular complexity index is 1380. The fourth-order valence-electron chi connectivity index (χ4n) is 3.06. The van der Waals surface area contributed by atoms with Gasteiger partial charge in [-0.15, -0.1) is 11.3 Å². The van der Waals surface area contributed by atoms with Crippen LogP contribution < -0.4 is 10.9 Å². The van der Waals surface area contributed by atoms with Crippen LogP contribution in [0.4, 0.5) is 5.69 Å². The number of hydrogen-bond acceptors (Lipinski definition) is 5. The first-order chi connectivity index (χ1) is 14.8. The van der Waals surface area contributed by atoms with Crippen LogP contribution in [0.3, 0.4) is 0 Å². The molecule has 4 rings (SSSR count). The number of aromatic carboxylic acids is 1. The van der Waals surface area contributed by atoms with Crippen LogP contribution in [0.25, 0.3) is 21.6 Å². The third-order valence-corrected chi connectivity index (χ3v) is 5.90. The average Bonchev–Trinajstić information content (AvgIpc) is 3.18. The lowest BCUT2D eigenvalue weighted by Crippen LogP contribution is -2.30. The molecule has 7 nitrogen and oxygen atoms in total. The summed E-state index contributed by atoms with van der Waals surface area (Å²) in [7, 11) is 0. The second kappa shape index (κ2) is 8.50. The number of aromatic nitrogens is 2. The summed E-state index contributed by atoms with van der Waals surface area (Å²) in [6, 6.07) is 13.5. The number of hydrogen-bond donors (Lipinski definition) is 2. The van der Waals surface area contributed by atoms with Crippen molar-refractivity contribution in [3.63, 3.8) is 0 Å². The highest BCUT2D eigenvalue weighted by Crippen LogP contribution is 2.27. The maximum absolute atomic E-state index is 13.3. The Morgan fingerprint density at radius 2 is 1.87 bits per heavy atom. The monoisotopic (exact) mass is 473 g/mol. The second-order valence-corrected chi connectivity index (χ2v) is 8.20. The molecular formula is C21H13Cl2N3O4S. The molecule has 0 unspecified atom stereocenters. The van der Waals surface area contributed by atoms with Gasteiger partial charge < -0.3 is 10.4 Å². The van der Waals surface area contributed by atoms with E-state index in [4.69, 9.17) is 23.2 Å². The number of carbonyl (C=O) groups is 2. The summed E-state index contributed by atoms with van der Waals surface area (Å²) in [5.41, 5.74) is 0.142. The number of fused-ring (bicyclic) bond motifs is 1. The van der Waals surface area contributed by atoms with E-state index in [-0.39, 0.29) is 26.6 Å². The third kappa shape index (κ3) is 4.18. The van der Waals surface area contributed by atoms with Crippen molar-refractivity contribution >= 4 is 62.3 Å². The molecule has 0 saturated heterocycles. The number of nitrogens with zero attached hydrogens (tertiary/aromatic N) is 2. The highest BCUT2D eigenvalue weighted by molar-refractivity contribution is 7.17. The van der Waals surface area contributed by atoms with Crippen LogP contribution in [0, 0.1) is 0 Å².